The van der Waals surface area contributed by atoms with Gasteiger partial charge in [-0.3, -0.25) is 0 Å². The van der Waals surface area contributed by atoms with E-state index in [0.717, 1.165) is 44.0 Å². The van der Waals surface area contributed by atoms with Crippen molar-refractivity contribution < 1.29 is 4.39 Å². The van der Waals surface area contributed by atoms with Crippen molar-refractivity contribution in [2.45, 2.75) is 19.3 Å². The number of rotatable bonds is 3. The molecule has 1 saturated heterocycles. The van der Waals surface area contributed by atoms with Gasteiger partial charge in [0.1, 0.15) is 5.82 Å². The smallest absolute Gasteiger partial charge is 0.146 e. The van der Waals surface area contributed by atoms with Crippen LogP contribution in [0.15, 0.2) is 54.6 Å². The molecule has 0 spiro atoms. The first-order valence-corrected chi connectivity index (χ1v) is 7.36. The van der Waals surface area contributed by atoms with E-state index >= 15 is 0 Å². The molecule has 0 aliphatic carbocycles. The second kappa shape index (κ2) is 6.08. The zero-order valence-electron chi connectivity index (χ0n) is 11.6. The SMILES string of the molecule is Fc1ccccc1N1CCC(Cc2ccccc2)CC1. The zero-order valence-corrected chi connectivity index (χ0v) is 11.6. The van der Waals surface area contributed by atoms with Crippen LogP contribution in [0.2, 0.25) is 0 Å². The van der Waals surface area contributed by atoms with Gasteiger partial charge in [0.25, 0.3) is 0 Å². The minimum absolute atomic E-state index is 0.103. The standard InChI is InChI=1S/C18H20FN/c19-17-8-4-5-9-18(17)20-12-10-16(11-13-20)14-15-6-2-1-3-7-15/h1-9,16H,10-14H2. The average Bonchev–Trinajstić information content (AvgIpc) is 2.50. The highest BCUT2D eigenvalue weighted by Crippen LogP contribution is 2.27. The molecule has 0 unspecified atom stereocenters. The van der Waals surface area contributed by atoms with Crippen molar-refractivity contribution in [3.63, 3.8) is 0 Å². The summed E-state index contributed by atoms with van der Waals surface area (Å²) in [6, 6.07) is 17.7. The second-order valence-electron chi connectivity index (χ2n) is 5.57. The largest absolute Gasteiger partial charge is 0.369 e. The van der Waals surface area contributed by atoms with Crippen molar-refractivity contribution in [3.05, 3.63) is 66.0 Å². The Morgan fingerprint density at radius 3 is 2.25 bits per heavy atom. The van der Waals surface area contributed by atoms with Crippen LogP contribution in [0.25, 0.3) is 0 Å². The summed E-state index contributed by atoms with van der Waals surface area (Å²) in [5, 5.41) is 0. The van der Waals surface area contributed by atoms with E-state index in [4.69, 9.17) is 0 Å². The van der Waals surface area contributed by atoms with Crippen molar-refractivity contribution in [1.29, 1.82) is 0 Å². The number of hydrogen-bond donors (Lipinski definition) is 0. The zero-order chi connectivity index (χ0) is 13.8. The maximum atomic E-state index is 13.8. The molecule has 0 saturated carbocycles. The molecule has 104 valence electrons. The van der Waals surface area contributed by atoms with Crippen LogP contribution in [0, 0.1) is 11.7 Å². The normalized spacial score (nSPS) is 16.4. The predicted octanol–water partition coefficient (Wildman–Crippen LogP) is 4.28. The van der Waals surface area contributed by atoms with Gasteiger partial charge >= 0.3 is 0 Å². The molecule has 2 aromatic rings. The molecule has 0 N–H and O–H groups in total. The molecule has 20 heavy (non-hydrogen) atoms. The lowest BCUT2D eigenvalue weighted by Crippen LogP contribution is -2.34. The molecule has 0 radical (unpaired) electrons. The molecule has 2 heteroatoms. The van der Waals surface area contributed by atoms with Gasteiger partial charge in [-0.25, -0.2) is 4.39 Å². The topological polar surface area (TPSA) is 3.24 Å². The molecule has 2 aromatic carbocycles. The number of hydrogen-bond acceptors (Lipinski definition) is 1. The van der Waals surface area contributed by atoms with Gasteiger partial charge < -0.3 is 4.90 Å². The van der Waals surface area contributed by atoms with Gasteiger partial charge in [-0.2, -0.15) is 0 Å². The Bertz CT molecular complexity index is 544. The Hall–Kier alpha value is -1.83. The van der Waals surface area contributed by atoms with Crippen LogP contribution in [0.4, 0.5) is 10.1 Å². The fourth-order valence-corrected chi connectivity index (χ4v) is 3.03. The number of benzene rings is 2. The lowest BCUT2D eigenvalue weighted by molar-refractivity contribution is 0.401. The van der Waals surface area contributed by atoms with Crippen LogP contribution in [0.3, 0.4) is 0 Å². The minimum atomic E-state index is -0.103. The van der Waals surface area contributed by atoms with Gasteiger partial charge in [0.15, 0.2) is 0 Å². The summed E-state index contributed by atoms with van der Waals surface area (Å²) in [7, 11) is 0. The Balaban J connectivity index is 1.59. The highest BCUT2D eigenvalue weighted by atomic mass is 19.1. The summed E-state index contributed by atoms with van der Waals surface area (Å²) in [5.74, 6) is 0.620. The molecule has 0 bridgehead atoms. The molecule has 1 heterocycles. The molecular formula is C18H20FN. The van der Waals surface area contributed by atoms with E-state index in [1.807, 2.05) is 12.1 Å². The number of halogens is 1. The maximum absolute atomic E-state index is 13.8. The first-order valence-electron chi connectivity index (χ1n) is 7.36. The number of anilines is 1. The Morgan fingerprint density at radius 2 is 1.55 bits per heavy atom. The number of para-hydroxylation sites is 1. The van der Waals surface area contributed by atoms with E-state index in [2.05, 4.69) is 35.2 Å². The van der Waals surface area contributed by atoms with Crippen molar-refractivity contribution in [1.82, 2.24) is 0 Å². The predicted molar refractivity (Wildman–Crippen MR) is 81.5 cm³/mol. The van der Waals surface area contributed by atoms with Crippen molar-refractivity contribution in [2.24, 2.45) is 5.92 Å². The van der Waals surface area contributed by atoms with Crippen molar-refractivity contribution in [2.75, 3.05) is 18.0 Å². The van der Waals surface area contributed by atoms with Gasteiger partial charge in [-0.05, 0) is 42.9 Å². The molecular weight excluding hydrogens is 249 g/mol. The molecule has 1 aliphatic heterocycles. The molecule has 0 atom stereocenters. The molecule has 1 fully saturated rings. The third-order valence-corrected chi connectivity index (χ3v) is 4.17. The number of nitrogens with zero attached hydrogens (tertiary/aromatic N) is 1. The molecule has 1 aliphatic rings. The van der Waals surface area contributed by atoms with E-state index in [0.29, 0.717) is 0 Å². The third-order valence-electron chi connectivity index (χ3n) is 4.17. The Kier molecular flexibility index (Phi) is 4.00. The first-order chi connectivity index (χ1) is 9.83. The van der Waals surface area contributed by atoms with Crippen molar-refractivity contribution >= 4 is 5.69 Å². The highest BCUT2D eigenvalue weighted by Gasteiger charge is 2.21. The fraction of sp³-hybridized carbons (Fsp3) is 0.333. The molecule has 1 nitrogen and oxygen atoms in total. The number of piperidine rings is 1. The van der Waals surface area contributed by atoms with Crippen molar-refractivity contribution in [3.8, 4) is 0 Å². The quantitative estimate of drug-likeness (QED) is 0.803. The minimum Gasteiger partial charge on any atom is -0.369 e. The van der Waals surface area contributed by atoms with Crippen LogP contribution >= 0.6 is 0 Å². The third kappa shape index (κ3) is 3.01. The van der Waals surface area contributed by atoms with E-state index in [9.17, 15) is 4.39 Å². The Labute approximate surface area is 120 Å². The van der Waals surface area contributed by atoms with Crippen LogP contribution in [0.5, 0.6) is 0 Å². The van der Waals surface area contributed by atoms with Crippen LogP contribution in [-0.4, -0.2) is 13.1 Å². The summed E-state index contributed by atoms with van der Waals surface area (Å²) >= 11 is 0. The fourth-order valence-electron chi connectivity index (χ4n) is 3.03. The van der Waals surface area contributed by atoms with Gasteiger partial charge in [-0.1, -0.05) is 42.5 Å². The van der Waals surface area contributed by atoms with Gasteiger partial charge in [-0.15, -0.1) is 0 Å². The Morgan fingerprint density at radius 1 is 0.900 bits per heavy atom. The second-order valence-corrected chi connectivity index (χ2v) is 5.57. The monoisotopic (exact) mass is 269 g/mol. The molecule has 0 amide bonds. The lowest BCUT2D eigenvalue weighted by Gasteiger charge is -2.33. The van der Waals surface area contributed by atoms with E-state index in [1.165, 1.54) is 5.56 Å². The van der Waals surface area contributed by atoms with Crippen LogP contribution in [0.1, 0.15) is 18.4 Å². The average molecular weight is 269 g/mol. The summed E-state index contributed by atoms with van der Waals surface area (Å²) in [5.41, 5.74) is 2.17. The summed E-state index contributed by atoms with van der Waals surface area (Å²) in [4.78, 5) is 2.18. The summed E-state index contributed by atoms with van der Waals surface area (Å²) in [6.45, 7) is 1.91. The summed E-state index contributed by atoms with van der Waals surface area (Å²) in [6.07, 6.45) is 3.43. The first kappa shape index (κ1) is 13.2. The summed E-state index contributed by atoms with van der Waals surface area (Å²) < 4.78 is 13.8. The lowest BCUT2D eigenvalue weighted by atomic mass is 9.90. The van der Waals surface area contributed by atoms with E-state index in [-0.39, 0.29) is 5.82 Å². The van der Waals surface area contributed by atoms with E-state index in [1.54, 1.807) is 12.1 Å². The van der Waals surface area contributed by atoms with Gasteiger partial charge in [0.05, 0.1) is 5.69 Å². The molecule has 3 rings (SSSR count). The maximum Gasteiger partial charge on any atom is 0.146 e. The van der Waals surface area contributed by atoms with Gasteiger partial charge in [0.2, 0.25) is 0 Å². The highest BCUT2D eigenvalue weighted by molar-refractivity contribution is 5.47. The van der Waals surface area contributed by atoms with E-state index < -0.39 is 0 Å². The van der Waals surface area contributed by atoms with Crippen LogP contribution < -0.4 is 4.90 Å². The van der Waals surface area contributed by atoms with Crippen LogP contribution in [-0.2, 0) is 6.42 Å². The molecule has 0 aromatic heterocycles. The van der Waals surface area contributed by atoms with Gasteiger partial charge in [0, 0.05) is 13.1 Å².